The number of anilines is 1. The number of hydrogen-bond acceptors (Lipinski definition) is 6. The zero-order valence-electron chi connectivity index (χ0n) is 12.3. The predicted molar refractivity (Wildman–Crippen MR) is 80.9 cm³/mol. The zero-order valence-corrected chi connectivity index (χ0v) is 13.1. The van der Waals surface area contributed by atoms with Crippen LogP contribution in [0, 0.1) is 13.8 Å². The molecule has 1 aromatic carbocycles. The highest BCUT2D eigenvalue weighted by atomic mass is 32.2. The summed E-state index contributed by atoms with van der Waals surface area (Å²) in [5, 5.41) is 6.61. The Morgan fingerprint density at radius 1 is 1.23 bits per heavy atom. The lowest BCUT2D eigenvalue weighted by molar-refractivity contribution is -0.119. The van der Waals surface area contributed by atoms with Gasteiger partial charge in [0.1, 0.15) is 5.69 Å². The van der Waals surface area contributed by atoms with Crippen LogP contribution in [0.4, 0.5) is 5.69 Å². The highest BCUT2D eigenvalue weighted by molar-refractivity contribution is 7.90. The summed E-state index contributed by atoms with van der Waals surface area (Å²) in [7, 11) is -3.96. The molecule has 0 radical (unpaired) electrons. The number of aryl methyl sites for hydroxylation is 2. The molecule has 0 aliphatic heterocycles. The third kappa shape index (κ3) is 3.85. The summed E-state index contributed by atoms with van der Waals surface area (Å²) in [6, 6.07) is 9.33. The monoisotopic (exact) mass is 323 g/mol. The summed E-state index contributed by atoms with van der Waals surface area (Å²) in [5.41, 5.74) is 1.09. The van der Waals surface area contributed by atoms with Crippen LogP contribution in [0.2, 0.25) is 0 Å². The molecule has 1 aromatic heterocycles. The normalized spacial score (nSPS) is 11.2. The van der Waals surface area contributed by atoms with E-state index in [1.807, 2.05) is 35.1 Å². The molecule has 0 bridgehead atoms. The van der Waals surface area contributed by atoms with E-state index in [1.165, 1.54) is 13.8 Å². The van der Waals surface area contributed by atoms with Gasteiger partial charge >= 0.3 is 0 Å². The van der Waals surface area contributed by atoms with Gasteiger partial charge in [-0.25, -0.2) is 13.1 Å². The zero-order chi connectivity index (χ0) is 16.2. The van der Waals surface area contributed by atoms with Gasteiger partial charge in [0.2, 0.25) is 5.91 Å². The van der Waals surface area contributed by atoms with Gasteiger partial charge in [-0.1, -0.05) is 23.4 Å². The number of carbonyl (C=O) groups is 1. The van der Waals surface area contributed by atoms with E-state index in [2.05, 4.69) is 10.5 Å². The van der Waals surface area contributed by atoms with Crippen molar-refractivity contribution in [3.8, 4) is 0 Å². The summed E-state index contributed by atoms with van der Waals surface area (Å²) >= 11 is 0. The second-order valence-corrected chi connectivity index (χ2v) is 6.34. The fourth-order valence-corrected chi connectivity index (χ4v) is 3.33. The second-order valence-electron chi connectivity index (χ2n) is 4.72. The number of nitrogens with zero attached hydrogens (tertiary/aromatic N) is 1. The lowest BCUT2D eigenvalue weighted by atomic mass is 10.3. The molecule has 22 heavy (non-hydrogen) atoms. The van der Waals surface area contributed by atoms with Crippen molar-refractivity contribution in [2.24, 2.45) is 0 Å². The van der Waals surface area contributed by atoms with Crippen LogP contribution in [0.25, 0.3) is 0 Å². The number of rotatable bonds is 6. The first-order chi connectivity index (χ1) is 10.4. The quantitative estimate of drug-likeness (QED) is 0.837. The van der Waals surface area contributed by atoms with Crippen LogP contribution in [0.15, 0.2) is 39.8 Å². The summed E-state index contributed by atoms with van der Waals surface area (Å²) in [6.45, 7) is 3.31. The maximum absolute atomic E-state index is 12.1. The Morgan fingerprint density at radius 3 is 2.50 bits per heavy atom. The van der Waals surface area contributed by atoms with Gasteiger partial charge in [-0.15, -0.1) is 0 Å². The van der Waals surface area contributed by atoms with Crippen LogP contribution in [0.3, 0.4) is 0 Å². The first-order valence-corrected chi connectivity index (χ1v) is 8.16. The minimum atomic E-state index is -3.96. The van der Waals surface area contributed by atoms with Gasteiger partial charge in [0.25, 0.3) is 10.0 Å². The summed E-state index contributed by atoms with van der Waals surface area (Å²) in [6.07, 6.45) is 0.0253. The van der Waals surface area contributed by atoms with Crippen molar-refractivity contribution in [3.05, 3.63) is 41.8 Å². The third-order valence-electron chi connectivity index (χ3n) is 2.94. The summed E-state index contributed by atoms with van der Waals surface area (Å²) in [4.78, 5) is 11.7. The minimum Gasteiger partial charge on any atom is -0.385 e. The molecule has 0 fully saturated rings. The number of para-hydroxylation sites is 1. The highest BCUT2D eigenvalue weighted by Gasteiger charge is 2.25. The maximum Gasteiger partial charge on any atom is 0.269 e. The molecular weight excluding hydrogens is 306 g/mol. The van der Waals surface area contributed by atoms with E-state index in [9.17, 15) is 13.2 Å². The molecule has 0 spiro atoms. The summed E-state index contributed by atoms with van der Waals surface area (Å²) < 4.78 is 31.1. The number of sulfonamides is 1. The van der Waals surface area contributed by atoms with Crippen molar-refractivity contribution in [1.82, 2.24) is 9.88 Å². The number of carbonyl (C=O) groups excluding carboxylic acids is 1. The molecule has 2 rings (SSSR count). The van der Waals surface area contributed by atoms with E-state index in [4.69, 9.17) is 4.52 Å². The van der Waals surface area contributed by atoms with E-state index < -0.39 is 15.9 Å². The van der Waals surface area contributed by atoms with Gasteiger partial charge in [-0.3, -0.25) is 4.79 Å². The second kappa shape index (κ2) is 6.61. The Kier molecular flexibility index (Phi) is 4.81. The molecule has 0 saturated heterocycles. The van der Waals surface area contributed by atoms with Gasteiger partial charge in [0, 0.05) is 18.7 Å². The molecule has 2 aromatic rings. The molecular formula is C14H17N3O4S. The third-order valence-corrected chi connectivity index (χ3v) is 4.56. The van der Waals surface area contributed by atoms with Crippen LogP contribution < -0.4 is 10.0 Å². The van der Waals surface area contributed by atoms with Crippen molar-refractivity contribution >= 4 is 21.6 Å². The largest absolute Gasteiger partial charge is 0.385 e. The molecule has 118 valence electrons. The number of hydrogen-bond donors (Lipinski definition) is 2. The molecule has 1 amide bonds. The fraction of sp³-hybridized carbons (Fsp3) is 0.286. The lowest BCUT2D eigenvalue weighted by Gasteiger charge is -2.08. The molecule has 1 heterocycles. The lowest BCUT2D eigenvalue weighted by Crippen LogP contribution is -2.32. The van der Waals surface area contributed by atoms with Crippen molar-refractivity contribution in [2.45, 2.75) is 25.2 Å². The Morgan fingerprint density at radius 2 is 1.91 bits per heavy atom. The molecule has 7 nitrogen and oxygen atoms in total. The smallest absolute Gasteiger partial charge is 0.269 e. The van der Waals surface area contributed by atoms with Crippen LogP contribution in [-0.4, -0.2) is 26.0 Å². The standard InChI is InChI=1S/C14H17N3O4S/c1-10-14(11(2)21-16-10)22(19,20)17-13(18)8-9-15-12-6-4-3-5-7-12/h3-7,15H,8-9H2,1-2H3,(H,17,18). The van der Waals surface area contributed by atoms with Gasteiger partial charge in [0.05, 0.1) is 0 Å². The molecule has 0 aliphatic carbocycles. The van der Waals surface area contributed by atoms with E-state index >= 15 is 0 Å². The number of aromatic nitrogens is 1. The van der Waals surface area contributed by atoms with Gasteiger partial charge in [0.15, 0.2) is 10.7 Å². The van der Waals surface area contributed by atoms with Crippen LogP contribution in [0.1, 0.15) is 17.9 Å². The van der Waals surface area contributed by atoms with E-state index in [0.717, 1.165) is 5.69 Å². The Hall–Kier alpha value is -2.35. The van der Waals surface area contributed by atoms with Gasteiger partial charge < -0.3 is 9.84 Å². The first-order valence-electron chi connectivity index (χ1n) is 6.67. The molecule has 2 N–H and O–H groups in total. The number of nitrogens with one attached hydrogen (secondary N) is 2. The Bertz CT molecular complexity index is 734. The van der Waals surface area contributed by atoms with Crippen molar-refractivity contribution in [1.29, 1.82) is 0 Å². The van der Waals surface area contributed by atoms with Crippen LogP contribution >= 0.6 is 0 Å². The van der Waals surface area contributed by atoms with Gasteiger partial charge in [-0.2, -0.15) is 0 Å². The molecule has 0 atom stereocenters. The van der Waals surface area contributed by atoms with Crippen molar-refractivity contribution in [3.63, 3.8) is 0 Å². The van der Waals surface area contributed by atoms with Crippen molar-refractivity contribution < 1.29 is 17.7 Å². The fourth-order valence-electron chi connectivity index (χ4n) is 1.99. The number of amides is 1. The highest BCUT2D eigenvalue weighted by Crippen LogP contribution is 2.18. The van der Waals surface area contributed by atoms with Crippen molar-refractivity contribution in [2.75, 3.05) is 11.9 Å². The average molecular weight is 323 g/mol. The Balaban J connectivity index is 1.92. The molecule has 0 saturated carbocycles. The van der Waals surface area contributed by atoms with E-state index in [-0.39, 0.29) is 22.8 Å². The molecule has 0 unspecified atom stereocenters. The molecule has 0 aliphatic rings. The topological polar surface area (TPSA) is 101 Å². The average Bonchev–Trinajstić information content (AvgIpc) is 2.79. The van der Waals surface area contributed by atoms with Crippen LogP contribution in [-0.2, 0) is 14.8 Å². The molecule has 8 heteroatoms. The van der Waals surface area contributed by atoms with E-state index in [0.29, 0.717) is 6.54 Å². The Labute approximate surface area is 128 Å². The summed E-state index contributed by atoms with van der Waals surface area (Å²) in [5.74, 6) is -0.441. The number of benzene rings is 1. The van der Waals surface area contributed by atoms with Gasteiger partial charge in [-0.05, 0) is 26.0 Å². The SMILES string of the molecule is Cc1noc(C)c1S(=O)(=O)NC(=O)CCNc1ccccc1. The van der Waals surface area contributed by atoms with Crippen LogP contribution in [0.5, 0.6) is 0 Å². The first kappa shape index (κ1) is 16.0. The minimum absolute atomic E-state index is 0.0253. The predicted octanol–water partition coefficient (Wildman–Crippen LogP) is 1.60. The maximum atomic E-state index is 12.1. The van der Waals surface area contributed by atoms with E-state index in [1.54, 1.807) is 0 Å².